The summed E-state index contributed by atoms with van der Waals surface area (Å²) in [5, 5.41) is 2.90. The largest absolute Gasteiger partial charge is 0.495 e. The number of rotatable bonds is 14. The number of para-hydroxylation sites is 2. The van der Waals surface area contributed by atoms with E-state index in [1.54, 1.807) is 36.4 Å². The summed E-state index contributed by atoms with van der Waals surface area (Å²) in [6, 6.07) is 22.1. The van der Waals surface area contributed by atoms with E-state index >= 15 is 0 Å². The molecule has 3 rings (SSSR count). The summed E-state index contributed by atoms with van der Waals surface area (Å²) in [7, 11) is -2.71. The number of hydrogen-bond donors (Lipinski definition) is 1. The Labute approximate surface area is 238 Å². The Kier molecular flexibility index (Phi) is 11.1. The summed E-state index contributed by atoms with van der Waals surface area (Å²) in [4.78, 5) is 28.8. The van der Waals surface area contributed by atoms with Gasteiger partial charge in [-0.15, -0.1) is 0 Å². The van der Waals surface area contributed by atoms with Crippen molar-refractivity contribution in [3.8, 4) is 5.75 Å². The third kappa shape index (κ3) is 7.63. The SMILES string of the molecule is CCCNC(=O)C(CC)N(CCc1ccccc1)C(=O)CN(c1ccccc1OC)S(=O)(=O)c1ccc(C)cc1. The molecular weight excluding hydrogens is 526 g/mol. The van der Waals surface area contributed by atoms with Crippen LogP contribution in [-0.4, -0.2) is 57.9 Å². The second kappa shape index (κ2) is 14.5. The second-order valence-corrected chi connectivity index (χ2v) is 11.4. The van der Waals surface area contributed by atoms with Crippen LogP contribution >= 0.6 is 0 Å². The molecule has 1 unspecified atom stereocenters. The summed E-state index contributed by atoms with van der Waals surface area (Å²) in [5.41, 5.74) is 2.17. The van der Waals surface area contributed by atoms with Gasteiger partial charge in [0.15, 0.2) is 0 Å². The molecule has 0 bridgehead atoms. The molecule has 2 amide bonds. The van der Waals surface area contributed by atoms with Crippen LogP contribution in [-0.2, 0) is 26.0 Å². The van der Waals surface area contributed by atoms with Crippen LogP contribution in [0.25, 0.3) is 0 Å². The highest BCUT2D eigenvalue weighted by atomic mass is 32.2. The van der Waals surface area contributed by atoms with E-state index in [4.69, 9.17) is 4.74 Å². The lowest BCUT2D eigenvalue weighted by atomic mass is 10.1. The topological polar surface area (TPSA) is 96.0 Å². The standard InChI is InChI=1S/C31H39N3O5S/c1-5-21-32-31(36)27(6-2)33(22-20-25-12-8-7-9-13-25)30(35)23-34(28-14-10-11-15-29(28)39-4)40(37,38)26-18-16-24(3)17-19-26/h7-19,27H,5-6,20-23H2,1-4H3,(H,32,36). The normalized spacial score (nSPS) is 11.9. The van der Waals surface area contributed by atoms with Gasteiger partial charge in [-0.2, -0.15) is 0 Å². The molecule has 1 atom stereocenters. The second-order valence-electron chi connectivity index (χ2n) is 9.53. The van der Waals surface area contributed by atoms with Crippen molar-refractivity contribution in [1.82, 2.24) is 10.2 Å². The van der Waals surface area contributed by atoms with E-state index in [-0.39, 0.29) is 23.0 Å². The van der Waals surface area contributed by atoms with Crippen LogP contribution < -0.4 is 14.4 Å². The number of carbonyl (C=O) groups is 2. The number of carbonyl (C=O) groups excluding carboxylic acids is 2. The first kappa shape index (κ1) is 30.7. The molecule has 0 aliphatic carbocycles. The van der Waals surface area contributed by atoms with Crippen LogP contribution in [0.1, 0.15) is 37.8 Å². The minimum atomic E-state index is -4.16. The average Bonchev–Trinajstić information content (AvgIpc) is 2.97. The van der Waals surface area contributed by atoms with Crippen molar-refractivity contribution in [3.63, 3.8) is 0 Å². The third-order valence-electron chi connectivity index (χ3n) is 6.66. The van der Waals surface area contributed by atoms with E-state index < -0.39 is 28.5 Å². The molecule has 0 aliphatic rings. The third-order valence-corrected chi connectivity index (χ3v) is 8.44. The number of anilines is 1. The molecule has 9 heteroatoms. The van der Waals surface area contributed by atoms with Crippen LogP contribution in [0.5, 0.6) is 5.75 Å². The smallest absolute Gasteiger partial charge is 0.264 e. The summed E-state index contributed by atoms with van der Waals surface area (Å²) >= 11 is 0. The van der Waals surface area contributed by atoms with Crippen molar-refractivity contribution in [2.75, 3.05) is 31.0 Å². The molecule has 0 radical (unpaired) electrons. The number of benzene rings is 3. The van der Waals surface area contributed by atoms with Gasteiger partial charge in [0.05, 0.1) is 17.7 Å². The maximum absolute atomic E-state index is 14.1. The summed E-state index contributed by atoms with van der Waals surface area (Å²) < 4.78 is 34.5. The van der Waals surface area contributed by atoms with Gasteiger partial charge >= 0.3 is 0 Å². The monoisotopic (exact) mass is 565 g/mol. The molecule has 0 saturated carbocycles. The molecule has 0 aliphatic heterocycles. The molecule has 0 spiro atoms. The molecule has 0 aromatic heterocycles. The lowest BCUT2D eigenvalue weighted by molar-refractivity contribution is -0.139. The minimum absolute atomic E-state index is 0.0559. The number of aryl methyl sites for hydroxylation is 1. The predicted molar refractivity (Wildman–Crippen MR) is 158 cm³/mol. The van der Waals surface area contributed by atoms with Gasteiger partial charge in [-0.1, -0.05) is 74.0 Å². The number of nitrogens with zero attached hydrogens (tertiary/aromatic N) is 2. The Morgan fingerprint density at radius 3 is 2.20 bits per heavy atom. The van der Waals surface area contributed by atoms with E-state index in [9.17, 15) is 18.0 Å². The molecule has 8 nitrogen and oxygen atoms in total. The fourth-order valence-electron chi connectivity index (χ4n) is 4.45. The number of methoxy groups -OCH3 is 1. The molecule has 214 valence electrons. The summed E-state index contributed by atoms with van der Waals surface area (Å²) in [5.74, 6) is -0.415. The maximum Gasteiger partial charge on any atom is 0.264 e. The molecule has 0 saturated heterocycles. The van der Waals surface area contributed by atoms with E-state index in [0.29, 0.717) is 25.1 Å². The molecule has 0 heterocycles. The van der Waals surface area contributed by atoms with Crippen LogP contribution in [0, 0.1) is 6.92 Å². The van der Waals surface area contributed by atoms with Crippen molar-refractivity contribution in [2.45, 2.75) is 51.0 Å². The number of nitrogens with one attached hydrogen (secondary N) is 1. The maximum atomic E-state index is 14.1. The molecular formula is C31H39N3O5S. The first-order chi connectivity index (χ1) is 19.2. The van der Waals surface area contributed by atoms with Crippen LogP contribution in [0.3, 0.4) is 0 Å². The van der Waals surface area contributed by atoms with E-state index in [2.05, 4.69) is 5.32 Å². The molecule has 3 aromatic carbocycles. The molecule has 1 N–H and O–H groups in total. The van der Waals surface area contributed by atoms with E-state index in [1.165, 1.54) is 24.1 Å². The van der Waals surface area contributed by atoms with Crippen molar-refractivity contribution in [2.24, 2.45) is 0 Å². The lowest BCUT2D eigenvalue weighted by Crippen LogP contribution is -2.53. The Morgan fingerprint density at radius 1 is 0.925 bits per heavy atom. The Hall–Kier alpha value is -3.85. The highest BCUT2D eigenvalue weighted by Crippen LogP contribution is 2.32. The zero-order valence-corrected chi connectivity index (χ0v) is 24.5. The molecule has 40 heavy (non-hydrogen) atoms. The Balaban J connectivity index is 2.03. The summed E-state index contributed by atoms with van der Waals surface area (Å²) in [6.45, 7) is 5.93. The number of sulfonamides is 1. The fourth-order valence-corrected chi connectivity index (χ4v) is 5.87. The average molecular weight is 566 g/mol. The first-order valence-electron chi connectivity index (χ1n) is 13.6. The Morgan fingerprint density at radius 2 is 1.57 bits per heavy atom. The van der Waals surface area contributed by atoms with Crippen molar-refractivity contribution in [3.05, 3.63) is 90.0 Å². The lowest BCUT2D eigenvalue weighted by Gasteiger charge is -2.33. The minimum Gasteiger partial charge on any atom is -0.495 e. The number of hydrogen-bond acceptors (Lipinski definition) is 5. The predicted octanol–water partition coefficient (Wildman–Crippen LogP) is 4.58. The van der Waals surface area contributed by atoms with Crippen molar-refractivity contribution >= 4 is 27.5 Å². The first-order valence-corrected chi connectivity index (χ1v) is 15.0. The van der Waals surface area contributed by atoms with Gasteiger partial charge in [-0.3, -0.25) is 13.9 Å². The summed E-state index contributed by atoms with van der Waals surface area (Å²) in [6.07, 6.45) is 1.66. The highest BCUT2D eigenvalue weighted by Gasteiger charge is 2.34. The van der Waals surface area contributed by atoms with Gasteiger partial charge in [0.25, 0.3) is 10.0 Å². The van der Waals surface area contributed by atoms with E-state index in [0.717, 1.165) is 21.9 Å². The quantitative estimate of drug-likeness (QED) is 0.309. The van der Waals surface area contributed by atoms with Crippen molar-refractivity contribution < 1.29 is 22.7 Å². The number of ether oxygens (including phenoxy) is 1. The van der Waals surface area contributed by atoms with Gasteiger partial charge in [-0.25, -0.2) is 8.42 Å². The fraction of sp³-hybridized carbons (Fsp3) is 0.355. The van der Waals surface area contributed by atoms with Gasteiger partial charge in [-0.05, 0) is 56.0 Å². The van der Waals surface area contributed by atoms with E-state index in [1.807, 2.05) is 51.1 Å². The van der Waals surface area contributed by atoms with Gasteiger partial charge in [0.1, 0.15) is 18.3 Å². The van der Waals surface area contributed by atoms with Gasteiger partial charge in [0, 0.05) is 13.1 Å². The van der Waals surface area contributed by atoms with Gasteiger partial charge < -0.3 is 15.0 Å². The molecule has 3 aromatic rings. The zero-order valence-electron chi connectivity index (χ0n) is 23.7. The Bertz CT molecular complexity index is 1360. The number of amides is 2. The zero-order chi connectivity index (χ0) is 29.1. The van der Waals surface area contributed by atoms with Gasteiger partial charge in [0.2, 0.25) is 11.8 Å². The van der Waals surface area contributed by atoms with Crippen LogP contribution in [0.4, 0.5) is 5.69 Å². The van der Waals surface area contributed by atoms with Crippen molar-refractivity contribution in [1.29, 1.82) is 0 Å². The van der Waals surface area contributed by atoms with Crippen LogP contribution in [0.2, 0.25) is 0 Å². The highest BCUT2D eigenvalue weighted by molar-refractivity contribution is 7.92. The molecule has 0 fully saturated rings. The van der Waals surface area contributed by atoms with Crippen LogP contribution in [0.15, 0.2) is 83.8 Å².